The summed E-state index contributed by atoms with van der Waals surface area (Å²) in [6.45, 7) is 11.9. The number of carbonyl (C=O) groups excluding carboxylic acids is 1. The third-order valence-corrected chi connectivity index (χ3v) is 5.79. The van der Waals surface area contributed by atoms with Crippen LogP contribution in [-0.4, -0.2) is 46.5 Å². The van der Waals surface area contributed by atoms with E-state index in [0.717, 1.165) is 49.4 Å². The number of rotatable bonds is 3. The Morgan fingerprint density at radius 3 is 2.62 bits per heavy atom. The molecule has 0 saturated carbocycles. The van der Waals surface area contributed by atoms with Crippen molar-refractivity contribution in [2.45, 2.75) is 52.0 Å². The predicted octanol–water partition coefficient (Wildman–Crippen LogP) is 3.98. The lowest BCUT2D eigenvalue weighted by atomic mass is 9.86. The van der Waals surface area contributed by atoms with Gasteiger partial charge in [-0.2, -0.15) is 4.98 Å². The average molecular weight is 395 g/mol. The highest BCUT2D eigenvalue weighted by Gasteiger charge is 2.24. The topological polar surface area (TPSA) is 82.2 Å². The van der Waals surface area contributed by atoms with Crippen LogP contribution in [0.3, 0.4) is 0 Å². The lowest BCUT2D eigenvalue weighted by Gasteiger charge is -2.31. The van der Waals surface area contributed by atoms with Crippen molar-refractivity contribution in [2.75, 3.05) is 35.6 Å². The second kappa shape index (κ2) is 7.63. The summed E-state index contributed by atoms with van der Waals surface area (Å²) in [5, 5.41) is 9.76. The smallest absolute Gasteiger partial charge is 0.261 e. The minimum atomic E-state index is -0.194. The SMILES string of the molecule is CCN1CCC(Nc2ncc3c(n2)Nc2ccc(C(C)(C)C)cc2NC3=O)CC1. The molecule has 0 spiro atoms. The van der Waals surface area contributed by atoms with Crippen LogP contribution in [0.1, 0.15) is 56.5 Å². The van der Waals surface area contributed by atoms with Gasteiger partial charge in [0.15, 0.2) is 0 Å². The van der Waals surface area contributed by atoms with E-state index in [4.69, 9.17) is 0 Å². The van der Waals surface area contributed by atoms with Gasteiger partial charge in [0.1, 0.15) is 11.4 Å². The Balaban J connectivity index is 1.56. The molecule has 1 fully saturated rings. The van der Waals surface area contributed by atoms with Gasteiger partial charge in [-0.05, 0) is 42.5 Å². The molecule has 29 heavy (non-hydrogen) atoms. The molecule has 2 aliphatic heterocycles. The normalized spacial score (nSPS) is 17.6. The van der Waals surface area contributed by atoms with Crippen LogP contribution in [0.15, 0.2) is 24.4 Å². The molecule has 0 atom stereocenters. The van der Waals surface area contributed by atoms with Gasteiger partial charge in [0, 0.05) is 25.3 Å². The van der Waals surface area contributed by atoms with Crippen LogP contribution >= 0.6 is 0 Å². The fourth-order valence-corrected chi connectivity index (χ4v) is 3.83. The fraction of sp³-hybridized carbons (Fsp3) is 0.500. The number of benzene rings is 1. The molecule has 4 rings (SSSR count). The zero-order valence-electron chi connectivity index (χ0n) is 17.7. The van der Waals surface area contributed by atoms with E-state index in [0.29, 0.717) is 23.4 Å². The van der Waals surface area contributed by atoms with Crippen LogP contribution in [0.5, 0.6) is 0 Å². The van der Waals surface area contributed by atoms with Crippen LogP contribution in [0.4, 0.5) is 23.1 Å². The Morgan fingerprint density at radius 1 is 1.17 bits per heavy atom. The van der Waals surface area contributed by atoms with Crippen molar-refractivity contribution >= 4 is 29.0 Å². The maximum atomic E-state index is 12.7. The molecule has 7 heteroatoms. The lowest BCUT2D eigenvalue weighted by Crippen LogP contribution is -2.39. The van der Waals surface area contributed by atoms with E-state index >= 15 is 0 Å². The number of aromatic nitrogens is 2. The molecular formula is C22H30N6O. The molecule has 154 valence electrons. The molecule has 1 aromatic heterocycles. The zero-order valence-corrected chi connectivity index (χ0v) is 17.7. The molecular weight excluding hydrogens is 364 g/mol. The minimum absolute atomic E-state index is 0.00313. The third kappa shape index (κ3) is 4.19. The molecule has 0 radical (unpaired) electrons. The van der Waals surface area contributed by atoms with Crippen molar-refractivity contribution in [3.05, 3.63) is 35.5 Å². The molecule has 1 aromatic carbocycles. The van der Waals surface area contributed by atoms with Crippen molar-refractivity contribution in [1.82, 2.24) is 14.9 Å². The first-order valence-electron chi connectivity index (χ1n) is 10.4. The monoisotopic (exact) mass is 394 g/mol. The van der Waals surface area contributed by atoms with E-state index in [1.54, 1.807) is 6.20 Å². The number of hydrogen-bond donors (Lipinski definition) is 3. The molecule has 1 amide bonds. The molecule has 1 saturated heterocycles. The predicted molar refractivity (Wildman–Crippen MR) is 117 cm³/mol. The summed E-state index contributed by atoms with van der Waals surface area (Å²) in [4.78, 5) is 24.2. The van der Waals surface area contributed by atoms with Gasteiger partial charge < -0.3 is 20.9 Å². The maximum absolute atomic E-state index is 12.7. The summed E-state index contributed by atoms with van der Waals surface area (Å²) in [5.74, 6) is 0.905. The van der Waals surface area contributed by atoms with Crippen molar-refractivity contribution in [2.24, 2.45) is 0 Å². The Labute approximate surface area is 172 Å². The Hall–Kier alpha value is -2.67. The first-order chi connectivity index (χ1) is 13.8. The minimum Gasteiger partial charge on any atom is -0.351 e. The van der Waals surface area contributed by atoms with Gasteiger partial charge in [0.05, 0.1) is 11.4 Å². The summed E-state index contributed by atoms with van der Waals surface area (Å²) in [7, 11) is 0. The van der Waals surface area contributed by atoms with Crippen molar-refractivity contribution < 1.29 is 4.79 Å². The van der Waals surface area contributed by atoms with Gasteiger partial charge in [-0.15, -0.1) is 0 Å². The van der Waals surface area contributed by atoms with Gasteiger partial charge >= 0.3 is 0 Å². The number of likely N-dealkylation sites (tertiary alicyclic amines) is 1. The number of fused-ring (bicyclic) bond motifs is 2. The van der Waals surface area contributed by atoms with E-state index in [2.05, 4.69) is 64.6 Å². The third-order valence-electron chi connectivity index (χ3n) is 5.79. The van der Waals surface area contributed by atoms with Gasteiger partial charge in [0.2, 0.25) is 5.95 Å². The first kappa shape index (κ1) is 19.6. The van der Waals surface area contributed by atoms with Gasteiger partial charge in [-0.1, -0.05) is 33.8 Å². The van der Waals surface area contributed by atoms with Gasteiger partial charge in [-0.3, -0.25) is 4.79 Å². The Kier molecular flexibility index (Phi) is 5.17. The summed E-state index contributed by atoms with van der Waals surface area (Å²) in [6, 6.07) is 6.48. The molecule has 0 bridgehead atoms. The van der Waals surface area contributed by atoms with Crippen molar-refractivity contribution in [3.63, 3.8) is 0 Å². The summed E-state index contributed by atoms with van der Waals surface area (Å²) in [6.07, 6.45) is 3.74. The molecule has 7 nitrogen and oxygen atoms in total. The van der Waals surface area contributed by atoms with Crippen LogP contribution in [-0.2, 0) is 5.41 Å². The van der Waals surface area contributed by atoms with Crippen LogP contribution in [0.2, 0.25) is 0 Å². The molecule has 2 aliphatic rings. The molecule has 2 aromatic rings. The average Bonchev–Trinajstić information content (AvgIpc) is 2.82. The van der Waals surface area contributed by atoms with Crippen LogP contribution in [0.25, 0.3) is 0 Å². The summed E-state index contributed by atoms with van der Waals surface area (Å²) >= 11 is 0. The fourth-order valence-electron chi connectivity index (χ4n) is 3.83. The van der Waals surface area contributed by atoms with Crippen LogP contribution in [0, 0.1) is 0 Å². The number of nitrogens with one attached hydrogen (secondary N) is 3. The van der Waals surface area contributed by atoms with Crippen molar-refractivity contribution in [1.29, 1.82) is 0 Å². The lowest BCUT2D eigenvalue weighted by molar-refractivity contribution is 0.102. The van der Waals surface area contributed by atoms with E-state index in [-0.39, 0.29) is 11.3 Å². The second-order valence-corrected chi connectivity index (χ2v) is 8.90. The van der Waals surface area contributed by atoms with Crippen LogP contribution < -0.4 is 16.0 Å². The standard InChI is InChI=1S/C22H30N6O/c1-5-28-10-8-15(9-11-28)24-21-23-13-16-19(27-21)25-17-7-6-14(22(2,3)4)12-18(17)26-20(16)29/h6-7,12-13,15H,5,8-11H2,1-4H3,(H,26,29)(H2,23,24,25,27). The highest BCUT2D eigenvalue weighted by molar-refractivity contribution is 6.11. The van der Waals surface area contributed by atoms with E-state index < -0.39 is 0 Å². The number of anilines is 4. The number of carbonyl (C=O) groups is 1. The molecule has 3 N–H and O–H groups in total. The van der Waals surface area contributed by atoms with E-state index in [9.17, 15) is 4.79 Å². The maximum Gasteiger partial charge on any atom is 0.261 e. The molecule has 0 unspecified atom stereocenters. The number of piperidine rings is 1. The van der Waals surface area contributed by atoms with Gasteiger partial charge in [0.25, 0.3) is 5.91 Å². The quantitative estimate of drug-likeness (QED) is 0.730. The molecule has 0 aliphatic carbocycles. The van der Waals surface area contributed by atoms with E-state index in [1.165, 1.54) is 0 Å². The Bertz CT molecular complexity index is 912. The highest BCUT2D eigenvalue weighted by Crippen LogP contribution is 2.35. The first-order valence-corrected chi connectivity index (χ1v) is 10.4. The summed E-state index contributed by atoms with van der Waals surface area (Å²) in [5.41, 5.74) is 3.22. The summed E-state index contributed by atoms with van der Waals surface area (Å²) < 4.78 is 0. The number of hydrogen-bond acceptors (Lipinski definition) is 6. The van der Waals surface area contributed by atoms with E-state index in [1.807, 2.05) is 12.1 Å². The van der Waals surface area contributed by atoms with Gasteiger partial charge in [-0.25, -0.2) is 4.98 Å². The largest absolute Gasteiger partial charge is 0.351 e. The highest BCUT2D eigenvalue weighted by atomic mass is 16.1. The number of amides is 1. The number of nitrogens with zero attached hydrogens (tertiary/aromatic N) is 3. The second-order valence-electron chi connectivity index (χ2n) is 8.90. The Morgan fingerprint density at radius 2 is 1.93 bits per heavy atom. The zero-order chi connectivity index (χ0) is 20.6. The van der Waals surface area contributed by atoms with Crippen molar-refractivity contribution in [3.8, 4) is 0 Å². The molecule has 3 heterocycles.